The predicted molar refractivity (Wildman–Crippen MR) is 111 cm³/mol. The number of benzene rings is 2. The first-order valence-electron chi connectivity index (χ1n) is 9.96. The first-order chi connectivity index (χ1) is 13.5. The fourth-order valence-corrected chi connectivity index (χ4v) is 3.73. The number of carbonyl (C=O) groups excluding carboxylic acids is 2. The summed E-state index contributed by atoms with van der Waals surface area (Å²) in [5.74, 6) is 0.0300. The van der Waals surface area contributed by atoms with Crippen LogP contribution in [0.2, 0.25) is 0 Å². The van der Waals surface area contributed by atoms with Crippen LogP contribution in [-0.4, -0.2) is 47.9 Å². The summed E-state index contributed by atoms with van der Waals surface area (Å²) in [6.07, 6.45) is 0.835. The molecule has 0 radical (unpaired) electrons. The summed E-state index contributed by atoms with van der Waals surface area (Å²) in [6.45, 7) is 8.46. The van der Waals surface area contributed by atoms with Crippen LogP contribution in [0.5, 0.6) is 0 Å². The Bertz CT molecular complexity index is 827. The summed E-state index contributed by atoms with van der Waals surface area (Å²) in [6, 6.07) is 15.6. The van der Waals surface area contributed by atoms with Crippen molar-refractivity contribution in [3.8, 4) is 0 Å². The molecule has 1 atom stereocenters. The van der Waals surface area contributed by atoms with E-state index in [0.717, 1.165) is 6.42 Å². The molecule has 28 heavy (non-hydrogen) atoms. The number of hydrogen-bond acceptors (Lipinski definition) is 2. The lowest BCUT2D eigenvalue weighted by Gasteiger charge is -2.35. The molecule has 5 heteroatoms. The normalized spacial score (nSPS) is 15.2. The Balaban J connectivity index is 1.58. The van der Waals surface area contributed by atoms with Crippen LogP contribution in [0.3, 0.4) is 0 Å². The monoisotopic (exact) mass is 379 g/mol. The van der Waals surface area contributed by atoms with Crippen molar-refractivity contribution in [1.29, 1.82) is 0 Å². The number of aryl methyl sites for hydroxylation is 2. The molecule has 0 bridgehead atoms. The molecule has 0 spiro atoms. The Hall–Kier alpha value is -2.82. The highest BCUT2D eigenvalue weighted by atomic mass is 16.2. The van der Waals surface area contributed by atoms with Gasteiger partial charge in [0.15, 0.2) is 0 Å². The van der Waals surface area contributed by atoms with Crippen molar-refractivity contribution in [2.75, 3.05) is 26.2 Å². The molecule has 3 amide bonds. The summed E-state index contributed by atoms with van der Waals surface area (Å²) >= 11 is 0. The van der Waals surface area contributed by atoms with Crippen LogP contribution in [0.25, 0.3) is 0 Å². The summed E-state index contributed by atoms with van der Waals surface area (Å²) in [5, 5.41) is 3.17. The minimum absolute atomic E-state index is 0.00270. The van der Waals surface area contributed by atoms with Crippen molar-refractivity contribution in [1.82, 2.24) is 15.1 Å². The third-order valence-electron chi connectivity index (χ3n) is 5.38. The van der Waals surface area contributed by atoms with Crippen molar-refractivity contribution in [3.63, 3.8) is 0 Å². The number of hydrogen-bond donors (Lipinski definition) is 1. The third kappa shape index (κ3) is 4.53. The number of piperazine rings is 1. The predicted octanol–water partition coefficient (Wildman–Crippen LogP) is 3.92. The van der Waals surface area contributed by atoms with E-state index in [1.54, 1.807) is 4.90 Å². The second-order valence-corrected chi connectivity index (χ2v) is 7.42. The van der Waals surface area contributed by atoms with Crippen molar-refractivity contribution in [2.45, 2.75) is 33.2 Å². The van der Waals surface area contributed by atoms with Crippen molar-refractivity contribution in [2.24, 2.45) is 0 Å². The summed E-state index contributed by atoms with van der Waals surface area (Å²) < 4.78 is 0. The summed E-state index contributed by atoms with van der Waals surface area (Å²) in [7, 11) is 0. The SMILES string of the molecule is CC[C@@H](NC(=O)N1CCN(C(=O)c2ccccc2)CC1)c1ccc(C)cc1C. The number of nitrogens with one attached hydrogen (secondary N) is 1. The average Bonchev–Trinajstić information content (AvgIpc) is 2.72. The van der Waals surface area contributed by atoms with E-state index >= 15 is 0 Å². The zero-order valence-corrected chi connectivity index (χ0v) is 16.9. The maximum Gasteiger partial charge on any atom is 0.318 e. The van der Waals surface area contributed by atoms with Crippen molar-refractivity contribution in [3.05, 3.63) is 70.8 Å². The van der Waals surface area contributed by atoms with Gasteiger partial charge < -0.3 is 15.1 Å². The Morgan fingerprint density at radius 2 is 1.61 bits per heavy atom. The first-order valence-corrected chi connectivity index (χ1v) is 9.96. The highest BCUT2D eigenvalue weighted by Gasteiger charge is 2.26. The van der Waals surface area contributed by atoms with Crippen LogP contribution in [0.1, 0.15) is 46.4 Å². The Labute approximate surface area is 167 Å². The molecule has 1 aliphatic rings. The molecule has 2 aromatic carbocycles. The highest BCUT2D eigenvalue weighted by molar-refractivity contribution is 5.94. The minimum Gasteiger partial charge on any atom is -0.335 e. The average molecular weight is 380 g/mol. The van der Waals surface area contributed by atoms with E-state index in [-0.39, 0.29) is 18.0 Å². The van der Waals surface area contributed by atoms with Gasteiger partial charge in [0.05, 0.1) is 6.04 Å². The molecular formula is C23H29N3O2. The largest absolute Gasteiger partial charge is 0.335 e. The number of carbonyl (C=O) groups is 2. The van der Waals surface area contributed by atoms with Gasteiger partial charge in [-0.05, 0) is 43.5 Å². The quantitative estimate of drug-likeness (QED) is 0.875. The van der Waals surface area contributed by atoms with E-state index in [1.807, 2.05) is 35.2 Å². The van der Waals surface area contributed by atoms with Crippen molar-refractivity contribution >= 4 is 11.9 Å². The third-order valence-corrected chi connectivity index (χ3v) is 5.38. The minimum atomic E-state index is -0.0568. The first kappa shape index (κ1) is 19.9. The molecule has 1 N–H and O–H groups in total. The standard InChI is InChI=1S/C23H29N3O2/c1-4-21(20-11-10-17(2)16-18(20)3)24-23(28)26-14-12-25(13-15-26)22(27)19-8-6-5-7-9-19/h5-11,16,21H,4,12-15H2,1-3H3,(H,24,28)/t21-/m1/s1. The molecular weight excluding hydrogens is 350 g/mol. The smallest absolute Gasteiger partial charge is 0.318 e. The lowest BCUT2D eigenvalue weighted by atomic mass is 9.97. The molecule has 0 saturated carbocycles. The van der Waals surface area contributed by atoms with Gasteiger partial charge in [0.2, 0.25) is 0 Å². The van der Waals surface area contributed by atoms with Crippen LogP contribution in [0.4, 0.5) is 4.79 Å². The molecule has 2 aromatic rings. The number of amides is 3. The van der Waals surface area contributed by atoms with E-state index in [4.69, 9.17) is 0 Å². The lowest BCUT2D eigenvalue weighted by molar-refractivity contribution is 0.0663. The lowest BCUT2D eigenvalue weighted by Crippen LogP contribution is -2.53. The topological polar surface area (TPSA) is 52.7 Å². The Morgan fingerprint density at radius 3 is 2.21 bits per heavy atom. The van der Waals surface area contributed by atoms with Gasteiger partial charge in [0.25, 0.3) is 5.91 Å². The zero-order chi connectivity index (χ0) is 20.1. The van der Waals surface area contributed by atoms with Crippen LogP contribution < -0.4 is 5.32 Å². The van der Waals surface area contributed by atoms with E-state index in [1.165, 1.54) is 16.7 Å². The fraction of sp³-hybridized carbons (Fsp3) is 0.391. The number of rotatable bonds is 4. The fourth-order valence-electron chi connectivity index (χ4n) is 3.73. The summed E-state index contributed by atoms with van der Waals surface area (Å²) in [4.78, 5) is 29.0. The van der Waals surface area contributed by atoms with E-state index in [9.17, 15) is 9.59 Å². The molecule has 1 fully saturated rings. The van der Waals surface area contributed by atoms with Crippen LogP contribution in [0, 0.1) is 13.8 Å². The molecule has 1 heterocycles. The van der Waals surface area contributed by atoms with Gasteiger partial charge in [-0.2, -0.15) is 0 Å². The molecule has 3 rings (SSSR count). The maximum absolute atomic E-state index is 12.8. The van der Waals surface area contributed by atoms with Crippen LogP contribution in [0.15, 0.2) is 48.5 Å². The molecule has 1 saturated heterocycles. The molecule has 5 nitrogen and oxygen atoms in total. The molecule has 1 aliphatic heterocycles. The summed E-state index contributed by atoms with van der Waals surface area (Å²) in [5.41, 5.74) is 4.28. The Morgan fingerprint density at radius 1 is 0.964 bits per heavy atom. The Kier molecular flexibility index (Phi) is 6.34. The van der Waals surface area contributed by atoms with E-state index in [0.29, 0.717) is 31.7 Å². The van der Waals surface area contributed by atoms with Gasteiger partial charge in [-0.1, -0.05) is 48.9 Å². The molecule has 0 unspecified atom stereocenters. The van der Waals surface area contributed by atoms with E-state index in [2.05, 4.69) is 44.3 Å². The van der Waals surface area contributed by atoms with Gasteiger partial charge in [-0.3, -0.25) is 4.79 Å². The zero-order valence-electron chi connectivity index (χ0n) is 16.9. The number of nitrogens with zero attached hydrogens (tertiary/aromatic N) is 2. The van der Waals surface area contributed by atoms with Gasteiger partial charge in [-0.15, -0.1) is 0 Å². The van der Waals surface area contributed by atoms with Crippen LogP contribution >= 0.6 is 0 Å². The van der Waals surface area contributed by atoms with Crippen molar-refractivity contribution < 1.29 is 9.59 Å². The molecule has 0 aromatic heterocycles. The van der Waals surface area contributed by atoms with Gasteiger partial charge in [-0.25, -0.2) is 4.79 Å². The molecule has 0 aliphatic carbocycles. The van der Waals surface area contributed by atoms with Gasteiger partial charge >= 0.3 is 6.03 Å². The second kappa shape index (κ2) is 8.91. The van der Waals surface area contributed by atoms with Gasteiger partial charge in [0.1, 0.15) is 0 Å². The highest BCUT2D eigenvalue weighted by Crippen LogP contribution is 2.22. The van der Waals surface area contributed by atoms with Gasteiger partial charge in [0, 0.05) is 31.7 Å². The maximum atomic E-state index is 12.8. The molecule has 148 valence electrons. The second-order valence-electron chi connectivity index (χ2n) is 7.42. The van der Waals surface area contributed by atoms with Crippen LogP contribution in [-0.2, 0) is 0 Å². The van der Waals surface area contributed by atoms with E-state index < -0.39 is 0 Å². The number of urea groups is 1.